The molecule has 0 unspecified atom stereocenters. The number of amides is 2. The number of pyridine rings is 1. The number of carbonyl (C=O) groups excluding carboxylic acids is 2. The molecule has 2 fully saturated rings. The Kier molecular flexibility index (Phi) is 5.45. The third kappa shape index (κ3) is 3.43. The van der Waals surface area contributed by atoms with Crippen molar-refractivity contribution in [2.75, 3.05) is 24.5 Å². The Bertz CT molecular complexity index is 934. The summed E-state index contributed by atoms with van der Waals surface area (Å²) in [4.78, 5) is 37.3. The molecule has 0 N–H and O–H groups in total. The highest BCUT2D eigenvalue weighted by atomic mass is 35.5. The van der Waals surface area contributed by atoms with E-state index in [0.29, 0.717) is 24.5 Å². The van der Waals surface area contributed by atoms with Crippen molar-refractivity contribution >= 4 is 29.2 Å². The van der Waals surface area contributed by atoms with Crippen LogP contribution in [0.25, 0.3) is 0 Å². The molecule has 158 valence electrons. The van der Waals surface area contributed by atoms with Gasteiger partial charge in [0, 0.05) is 23.8 Å². The molecule has 6 nitrogen and oxygen atoms in total. The van der Waals surface area contributed by atoms with Crippen LogP contribution in [-0.4, -0.2) is 57.8 Å². The predicted molar refractivity (Wildman–Crippen MR) is 117 cm³/mol. The second-order valence-electron chi connectivity index (χ2n) is 8.41. The maximum Gasteiger partial charge on any atom is 0.251 e. The lowest BCUT2D eigenvalue weighted by atomic mass is 9.87. The normalized spacial score (nSPS) is 23.0. The van der Waals surface area contributed by atoms with Crippen LogP contribution in [0.15, 0.2) is 48.7 Å². The van der Waals surface area contributed by atoms with Gasteiger partial charge in [-0.1, -0.05) is 29.8 Å². The van der Waals surface area contributed by atoms with Gasteiger partial charge < -0.3 is 14.7 Å². The molecule has 0 radical (unpaired) electrons. The first-order valence-electron chi connectivity index (χ1n) is 10.4. The molecular formula is C23H27ClN4O2. The van der Waals surface area contributed by atoms with Gasteiger partial charge in [0.15, 0.2) is 0 Å². The van der Waals surface area contributed by atoms with Crippen LogP contribution in [0.3, 0.4) is 0 Å². The van der Waals surface area contributed by atoms with Gasteiger partial charge in [-0.25, -0.2) is 4.98 Å². The van der Waals surface area contributed by atoms with Crippen molar-refractivity contribution in [2.24, 2.45) is 0 Å². The molecule has 2 atom stereocenters. The van der Waals surface area contributed by atoms with Crippen molar-refractivity contribution in [3.63, 3.8) is 0 Å². The van der Waals surface area contributed by atoms with E-state index in [2.05, 4.69) is 9.88 Å². The highest BCUT2D eigenvalue weighted by Crippen LogP contribution is 2.41. The predicted octanol–water partition coefficient (Wildman–Crippen LogP) is 3.52. The number of carbonyl (C=O) groups is 2. The van der Waals surface area contributed by atoms with Gasteiger partial charge in [-0.15, -0.1) is 0 Å². The summed E-state index contributed by atoms with van der Waals surface area (Å²) < 4.78 is 0. The largest absolute Gasteiger partial charge is 0.354 e. The minimum atomic E-state index is -0.907. The topological polar surface area (TPSA) is 56.8 Å². The van der Waals surface area contributed by atoms with Gasteiger partial charge in [-0.3, -0.25) is 9.59 Å². The van der Waals surface area contributed by atoms with Crippen LogP contribution in [0, 0.1) is 0 Å². The molecule has 1 aromatic carbocycles. The quantitative estimate of drug-likeness (QED) is 0.750. The first-order valence-corrected chi connectivity index (χ1v) is 10.8. The lowest BCUT2D eigenvalue weighted by molar-refractivity contribution is -0.168. The number of nitrogens with zero attached hydrogens (tertiary/aromatic N) is 4. The number of piperazine rings is 1. The van der Waals surface area contributed by atoms with Gasteiger partial charge in [-0.05, 0) is 57.0 Å². The molecule has 1 aromatic heterocycles. The van der Waals surface area contributed by atoms with Crippen molar-refractivity contribution < 1.29 is 9.59 Å². The number of halogens is 1. The van der Waals surface area contributed by atoms with E-state index >= 15 is 0 Å². The third-order valence-electron chi connectivity index (χ3n) is 6.28. The molecule has 0 aliphatic carbocycles. The van der Waals surface area contributed by atoms with E-state index < -0.39 is 5.54 Å². The van der Waals surface area contributed by atoms with Gasteiger partial charge in [0.25, 0.3) is 5.91 Å². The number of rotatable bonds is 4. The van der Waals surface area contributed by atoms with Crippen molar-refractivity contribution in [3.05, 3.63) is 59.2 Å². The minimum absolute atomic E-state index is 0.0198. The van der Waals surface area contributed by atoms with Crippen LogP contribution in [0.1, 0.15) is 38.8 Å². The molecule has 1 spiro atoms. The number of benzene rings is 1. The van der Waals surface area contributed by atoms with E-state index in [9.17, 15) is 9.59 Å². The van der Waals surface area contributed by atoms with Crippen LogP contribution in [0.5, 0.6) is 0 Å². The molecule has 2 aliphatic rings. The Morgan fingerprint density at radius 3 is 2.43 bits per heavy atom. The fraction of sp³-hybridized carbons (Fsp3) is 0.435. The maximum absolute atomic E-state index is 13.8. The average Bonchev–Trinajstić information content (AvgIpc) is 3.17. The standard InChI is InChI=1S/C23H27ClN4O2/c1-16(2)27-14-21(29)28(17(3)18-7-9-19(24)10-8-18)23(22(27)30)11-13-26(15-23)20-6-4-5-12-25-20/h4-10,12,16-17H,11,13-15H2,1-3H3/t17-,23+/m0/s1. The molecule has 0 bridgehead atoms. The van der Waals surface area contributed by atoms with E-state index in [0.717, 1.165) is 11.4 Å². The molecular weight excluding hydrogens is 400 g/mol. The summed E-state index contributed by atoms with van der Waals surface area (Å²) in [7, 11) is 0. The molecule has 30 heavy (non-hydrogen) atoms. The highest BCUT2D eigenvalue weighted by molar-refractivity contribution is 6.30. The summed E-state index contributed by atoms with van der Waals surface area (Å²) in [5.74, 6) is 0.834. The molecule has 0 saturated carbocycles. The Hall–Kier alpha value is -2.60. The smallest absolute Gasteiger partial charge is 0.251 e. The zero-order valence-electron chi connectivity index (χ0n) is 17.6. The van der Waals surface area contributed by atoms with Crippen LogP contribution < -0.4 is 4.90 Å². The highest BCUT2D eigenvalue weighted by Gasteiger charge is 2.57. The lowest BCUT2D eigenvalue weighted by Crippen LogP contribution is -2.70. The molecule has 2 aromatic rings. The molecule has 2 aliphatic heterocycles. The maximum atomic E-state index is 13.8. The van der Waals surface area contributed by atoms with Crippen LogP contribution in [-0.2, 0) is 9.59 Å². The zero-order chi connectivity index (χ0) is 21.5. The Labute approximate surface area is 182 Å². The fourth-order valence-electron chi connectivity index (χ4n) is 4.70. The number of anilines is 1. The zero-order valence-corrected chi connectivity index (χ0v) is 18.3. The van der Waals surface area contributed by atoms with E-state index in [1.807, 2.05) is 68.1 Å². The Balaban J connectivity index is 1.74. The van der Waals surface area contributed by atoms with E-state index in [1.165, 1.54) is 0 Å². The first kappa shape index (κ1) is 20.7. The fourth-order valence-corrected chi connectivity index (χ4v) is 4.82. The molecule has 4 rings (SSSR count). The van der Waals surface area contributed by atoms with Crippen molar-refractivity contribution in [1.29, 1.82) is 0 Å². The Morgan fingerprint density at radius 2 is 1.80 bits per heavy atom. The van der Waals surface area contributed by atoms with Crippen LogP contribution in [0.2, 0.25) is 5.02 Å². The summed E-state index contributed by atoms with van der Waals surface area (Å²) in [6, 6.07) is 13.0. The van der Waals surface area contributed by atoms with Crippen molar-refractivity contribution in [1.82, 2.24) is 14.8 Å². The van der Waals surface area contributed by atoms with Crippen molar-refractivity contribution in [2.45, 2.75) is 44.8 Å². The minimum Gasteiger partial charge on any atom is -0.354 e. The van der Waals surface area contributed by atoms with Gasteiger partial charge in [0.05, 0.1) is 12.6 Å². The molecule has 7 heteroatoms. The molecule has 2 amide bonds. The number of aromatic nitrogens is 1. The van der Waals surface area contributed by atoms with E-state index in [4.69, 9.17) is 11.6 Å². The van der Waals surface area contributed by atoms with Crippen LogP contribution in [0.4, 0.5) is 5.82 Å². The summed E-state index contributed by atoms with van der Waals surface area (Å²) >= 11 is 6.06. The van der Waals surface area contributed by atoms with Gasteiger partial charge in [0.1, 0.15) is 17.9 Å². The summed E-state index contributed by atoms with van der Waals surface area (Å²) in [6.07, 6.45) is 2.33. The molecule has 3 heterocycles. The summed E-state index contributed by atoms with van der Waals surface area (Å²) in [5, 5.41) is 0.648. The summed E-state index contributed by atoms with van der Waals surface area (Å²) in [5.41, 5.74) is 0.0603. The average molecular weight is 427 g/mol. The van der Waals surface area contributed by atoms with Gasteiger partial charge >= 0.3 is 0 Å². The van der Waals surface area contributed by atoms with Gasteiger partial charge in [0.2, 0.25) is 5.91 Å². The Morgan fingerprint density at radius 1 is 1.07 bits per heavy atom. The second kappa shape index (κ2) is 7.91. The van der Waals surface area contributed by atoms with E-state index in [1.54, 1.807) is 11.1 Å². The molecule has 2 saturated heterocycles. The monoisotopic (exact) mass is 426 g/mol. The van der Waals surface area contributed by atoms with Crippen LogP contribution >= 0.6 is 11.6 Å². The SMILES string of the molecule is CC(C)N1CC(=O)N([C@@H](C)c2ccc(Cl)cc2)[C@@]2(CCN(c3ccccn3)C2)C1=O. The first-order chi connectivity index (χ1) is 14.3. The third-order valence-corrected chi connectivity index (χ3v) is 6.53. The van der Waals surface area contributed by atoms with E-state index in [-0.39, 0.29) is 30.4 Å². The number of hydrogen-bond donors (Lipinski definition) is 0. The summed E-state index contributed by atoms with van der Waals surface area (Å²) in [6.45, 7) is 7.14. The second-order valence-corrected chi connectivity index (χ2v) is 8.85. The van der Waals surface area contributed by atoms with Crippen molar-refractivity contribution in [3.8, 4) is 0 Å². The number of hydrogen-bond acceptors (Lipinski definition) is 4. The lowest BCUT2D eigenvalue weighted by Gasteiger charge is -2.51. The van der Waals surface area contributed by atoms with Gasteiger partial charge in [-0.2, -0.15) is 0 Å².